The SMILES string of the molecule is Cc1ccc(S(=O)(=O)N(CCCN)Cc2ccccc2)cc1C.Cl. The van der Waals surface area contributed by atoms with Crippen molar-refractivity contribution in [2.24, 2.45) is 5.73 Å². The Morgan fingerprint density at radius 2 is 1.67 bits per heavy atom. The van der Waals surface area contributed by atoms with Crippen LogP contribution >= 0.6 is 12.4 Å². The van der Waals surface area contributed by atoms with E-state index in [1.54, 1.807) is 12.1 Å². The van der Waals surface area contributed by atoms with Gasteiger partial charge in [-0.25, -0.2) is 8.42 Å². The maximum Gasteiger partial charge on any atom is 0.243 e. The fraction of sp³-hybridized carbons (Fsp3) is 0.333. The van der Waals surface area contributed by atoms with E-state index < -0.39 is 10.0 Å². The van der Waals surface area contributed by atoms with Gasteiger partial charge in [0.05, 0.1) is 4.90 Å². The van der Waals surface area contributed by atoms with Crippen LogP contribution in [0.5, 0.6) is 0 Å². The van der Waals surface area contributed by atoms with Crippen LogP contribution in [-0.4, -0.2) is 25.8 Å². The van der Waals surface area contributed by atoms with Crippen molar-refractivity contribution in [2.45, 2.75) is 31.7 Å². The summed E-state index contributed by atoms with van der Waals surface area (Å²) in [4.78, 5) is 0.341. The second-order valence-electron chi connectivity index (χ2n) is 5.71. The summed E-state index contributed by atoms with van der Waals surface area (Å²) >= 11 is 0. The van der Waals surface area contributed by atoms with Crippen molar-refractivity contribution < 1.29 is 8.42 Å². The average molecular weight is 369 g/mol. The third kappa shape index (κ3) is 5.05. The Morgan fingerprint density at radius 1 is 1.00 bits per heavy atom. The number of hydrogen-bond acceptors (Lipinski definition) is 3. The normalized spacial score (nSPS) is 11.3. The van der Waals surface area contributed by atoms with Gasteiger partial charge in [0.15, 0.2) is 0 Å². The van der Waals surface area contributed by atoms with Crippen molar-refractivity contribution >= 4 is 22.4 Å². The predicted octanol–water partition coefficient (Wildman–Crippen LogP) is 3.26. The summed E-state index contributed by atoms with van der Waals surface area (Å²) in [6.07, 6.45) is 0.636. The van der Waals surface area contributed by atoms with Crippen molar-refractivity contribution in [1.82, 2.24) is 4.31 Å². The minimum atomic E-state index is -3.53. The largest absolute Gasteiger partial charge is 0.330 e. The lowest BCUT2D eigenvalue weighted by molar-refractivity contribution is 0.401. The van der Waals surface area contributed by atoms with Crippen molar-refractivity contribution in [2.75, 3.05) is 13.1 Å². The molecule has 6 heteroatoms. The van der Waals surface area contributed by atoms with Crippen molar-refractivity contribution in [3.8, 4) is 0 Å². The zero-order valence-corrected chi connectivity index (χ0v) is 15.7. The van der Waals surface area contributed by atoms with Gasteiger partial charge >= 0.3 is 0 Å². The standard InChI is InChI=1S/C18H24N2O2S.ClH/c1-15-9-10-18(13-16(15)2)23(21,22)20(12-6-11-19)14-17-7-4-3-5-8-17;/h3-5,7-10,13H,6,11-12,14,19H2,1-2H3;1H. The molecule has 0 unspecified atom stereocenters. The predicted molar refractivity (Wildman–Crippen MR) is 101 cm³/mol. The van der Waals surface area contributed by atoms with Gasteiger partial charge in [-0.15, -0.1) is 12.4 Å². The fourth-order valence-corrected chi connectivity index (χ4v) is 3.91. The molecule has 0 fully saturated rings. The number of aryl methyl sites for hydroxylation is 2. The van der Waals surface area contributed by atoms with Gasteiger partial charge in [-0.3, -0.25) is 0 Å². The molecule has 0 aliphatic carbocycles. The molecular weight excluding hydrogens is 344 g/mol. The molecule has 2 rings (SSSR count). The van der Waals surface area contributed by atoms with Gasteiger partial charge in [0.25, 0.3) is 0 Å². The minimum absolute atomic E-state index is 0. The first-order valence-electron chi connectivity index (χ1n) is 7.76. The highest BCUT2D eigenvalue weighted by Crippen LogP contribution is 2.21. The van der Waals surface area contributed by atoms with Crippen LogP contribution in [-0.2, 0) is 16.6 Å². The maximum absolute atomic E-state index is 13.0. The Bertz CT molecular complexity index is 749. The van der Waals surface area contributed by atoms with E-state index in [1.165, 1.54) is 4.31 Å². The molecule has 0 saturated carbocycles. The Hall–Kier alpha value is -1.40. The molecular formula is C18H25ClN2O2S. The topological polar surface area (TPSA) is 63.4 Å². The van der Waals surface area contributed by atoms with Gasteiger partial charge in [-0.05, 0) is 55.6 Å². The second kappa shape index (κ2) is 9.18. The smallest absolute Gasteiger partial charge is 0.243 e. The number of rotatable bonds is 7. The van der Waals surface area contributed by atoms with Gasteiger partial charge in [-0.1, -0.05) is 36.4 Å². The molecule has 0 aliphatic heterocycles. The Morgan fingerprint density at radius 3 is 2.25 bits per heavy atom. The van der Waals surface area contributed by atoms with Crippen LogP contribution in [0.3, 0.4) is 0 Å². The number of halogens is 1. The molecule has 0 aromatic heterocycles. The van der Waals surface area contributed by atoms with E-state index in [-0.39, 0.29) is 12.4 Å². The third-order valence-electron chi connectivity index (χ3n) is 3.93. The first-order chi connectivity index (χ1) is 10.9. The van der Waals surface area contributed by atoms with Gasteiger partial charge in [0, 0.05) is 13.1 Å². The molecule has 0 spiro atoms. The van der Waals surface area contributed by atoms with Crippen LogP contribution < -0.4 is 5.73 Å². The molecule has 0 amide bonds. The van der Waals surface area contributed by atoms with Gasteiger partial charge < -0.3 is 5.73 Å². The molecule has 0 aliphatic rings. The summed E-state index contributed by atoms with van der Waals surface area (Å²) < 4.78 is 27.5. The molecule has 132 valence electrons. The van der Waals surface area contributed by atoms with Crippen LogP contribution in [0.1, 0.15) is 23.1 Å². The van der Waals surface area contributed by atoms with E-state index in [1.807, 2.05) is 50.2 Å². The summed E-state index contributed by atoms with van der Waals surface area (Å²) in [5.74, 6) is 0. The summed E-state index contributed by atoms with van der Waals surface area (Å²) in [6, 6.07) is 14.9. The molecule has 0 radical (unpaired) electrons. The molecule has 0 saturated heterocycles. The van der Waals surface area contributed by atoms with E-state index >= 15 is 0 Å². The lowest BCUT2D eigenvalue weighted by Gasteiger charge is -2.22. The number of nitrogens with zero attached hydrogens (tertiary/aromatic N) is 1. The van der Waals surface area contributed by atoms with Crippen LogP contribution in [0.2, 0.25) is 0 Å². The zero-order chi connectivity index (χ0) is 16.9. The number of benzene rings is 2. The number of sulfonamides is 1. The molecule has 2 aromatic carbocycles. The van der Waals surface area contributed by atoms with Crippen LogP contribution in [0.25, 0.3) is 0 Å². The lowest BCUT2D eigenvalue weighted by atomic mass is 10.1. The monoisotopic (exact) mass is 368 g/mol. The number of nitrogens with two attached hydrogens (primary N) is 1. The first-order valence-corrected chi connectivity index (χ1v) is 9.20. The van der Waals surface area contributed by atoms with E-state index in [0.29, 0.717) is 31.0 Å². The van der Waals surface area contributed by atoms with Gasteiger partial charge in [-0.2, -0.15) is 4.31 Å². The van der Waals surface area contributed by atoms with E-state index in [9.17, 15) is 8.42 Å². The molecule has 2 N–H and O–H groups in total. The van der Waals surface area contributed by atoms with Crippen LogP contribution in [0, 0.1) is 13.8 Å². The summed E-state index contributed by atoms with van der Waals surface area (Å²) in [7, 11) is -3.53. The van der Waals surface area contributed by atoms with E-state index in [4.69, 9.17) is 5.73 Å². The molecule has 0 heterocycles. The van der Waals surface area contributed by atoms with Gasteiger partial charge in [0.2, 0.25) is 10.0 Å². The van der Waals surface area contributed by atoms with E-state index in [2.05, 4.69) is 0 Å². The highest BCUT2D eigenvalue weighted by atomic mass is 35.5. The van der Waals surface area contributed by atoms with Crippen LogP contribution in [0.15, 0.2) is 53.4 Å². The molecule has 0 bridgehead atoms. The highest BCUT2D eigenvalue weighted by molar-refractivity contribution is 7.89. The first kappa shape index (κ1) is 20.6. The highest BCUT2D eigenvalue weighted by Gasteiger charge is 2.24. The fourth-order valence-electron chi connectivity index (χ4n) is 2.36. The summed E-state index contributed by atoms with van der Waals surface area (Å²) in [6.45, 7) is 5.14. The zero-order valence-electron chi connectivity index (χ0n) is 14.1. The van der Waals surface area contributed by atoms with Crippen molar-refractivity contribution in [3.05, 3.63) is 65.2 Å². The second-order valence-corrected chi connectivity index (χ2v) is 7.65. The minimum Gasteiger partial charge on any atom is -0.330 e. The van der Waals surface area contributed by atoms with E-state index in [0.717, 1.165) is 16.7 Å². The third-order valence-corrected chi connectivity index (χ3v) is 5.77. The van der Waals surface area contributed by atoms with Crippen molar-refractivity contribution in [1.29, 1.82) is 0 Å². The van der Waals surface area contributed by atoms with Crippen LogP contribution in [0.4, 0.5) is 0 Å². The lowest BCUT2D eigenvalue weighted by Crippen LogP contribution is -2.32. The summed E-state index contributed by atoms with van der Waals surface area (Å²) in [5.41, 5.74) is 8.60. The van der Waals surface area contributed by atoms with Crippen molar-refractivity contribution in [3.63, 3.8) is 0 Å². The molecule has 2 aromatic rings. The van der Waals surface area contributed by atoms with Gasteiger partial charge in [0.1, 0.15) is 0 Å². The molecule has 0 atom stereocenters. The summed E-state index contributed by atoms with van der Waals surface area (Å²) in [5, 5.41) is 0. The quantitative estimate of drug-likeness (QED) is 0.815. The Labute approximate surface area is 151 Å². The molecule has 24 heavy (non-hydrogen) atoms. The average Bonchev–Trinajstić information content (AvgIpc) is 2.54. The Kier molecular flexibility index (Phi) is 7.90. The number of hydrogen-bond donors (Lipinski definition) is 1. The Balaban J connectivity index is 0.00000288. The maximum atomic E-state index is 13.0. The molecule has 4 nitrogen and oxygen atoms in total.